The first-order valence-corrected chi connectivity index (χ1v) is 11.7. The molecule has 3 saturated carbocycles. The van der Waals surface area contributed by atoms with Gasteiger partial charge in [0.05, 0.1) is 0 Å². The molecular formula is C25H42. The van der Waals surface area contributed by atoms with Crippen molar-refractivity contribution in [2.75, 3.05) is 0 Å². The van der Waals surface area contributed by atoms with E-state index in [9.17, 15) is 0 Å². The fourth-order valence-corrected chi connectivity index (χ4v) is 7.43. The summed E-state index contributed by atoms with van der Waals surface area (Å²) in [5, 5.41) is 0. The maximum Gasteiger partial charge on any atom is -0.0194 e. The minimum absolute atomic E-state index is 0.536. The Morgan fingerprint density at radius 3 is 2.08 bits per heavy atom. The topological polar surface area (TPSA) is 0 Å². The van der Waals surface area contributed by atoms with Crippen LogP contribution in [0.2, 0.25) is 0 Å². The molecule has 0 aromatic heterocycles. The number of unbranched alkanes of at least 4 members (excludes halogenated alkanes) is 6. The molecule has 0 saturated heterocycles. The zero-order valence-electron chi connectivity index (χ0n) is 17.2. The summed E-state index contributed by atoms with van der Waals surface area (Å²) in [5.41, 5.74) is 0.536. The van der Waals surface area contributed by atoms with Crippen molar-refractivity contribution in [1.82, 2.24) is 0 Å². The van der Waals surface area contributed by atoms with Crippen molar-refractivity contribution in [3.8, 4) is 0 Å². The van der Waals surface area contributed by atoms with Crippen molar-refractivity contribution in [3.05, 3.63) is 12.2 Å². The summed E-state index contributed by atoms with van der Waals surface area (Å²) in [6, 6.07) is 0. The van der Waals surface area contributed by atoms with Gasteiger partial charge in [0.2, 0.25) is 0 Å². The monoisotopic (exact) mass is 342 g/mol. The fourth-order valence-electron chi connectivity index (χ4n) is 7.43. The van der Waals surface area contributed by atoms with Crippen LogP contribution in [0.1, 0.15) is 97.8 Å². The molecule has 7 atom stereocenters. The maximum absolute atomic E-state index is 2.60. The molecule has 0 heteroatoms. The predicted octanol–water partition coefficient (Wildman–Crippen LogP) is 7.64. The Hall–Kier alpha value is -0.260. The van der Waals surface area contributed by atoms with E-state index >= 15 is 0 Å². The molecular weight excluding hydrogens is 300 g/mol. The molecule has 142 valence electrons. The highest BCUT2D eigenvalue weighted by Crippen LogP contribution is 2.67. The molecule has 7 unspecified atom stereocenters. The normalized spacial score (nSPS) is 41.0. The number of hydrogen-bond donors (Lipinski definition) is 0. The van der Waals surface area contributed by atoms with Gasteiger partial charge in [-0.1, -0.05) is 84.3 Å². The smallest absolute Gasteiger partial charge is 0.0194 e. The zero-order chi connectivity index (χ0) is 17.4. The van der Waals surface area contributed by atoms with Crippen LogP contribution in [0.3, 0.4) is 0 Å². The van der Waals surface area contributed by atoms with Gasteiger partial charge in [0.25, 0.3) is 0 Å². The molecule has 0 aromatic rings. The third kappa shape index (κ3) is 3.89. The van der Waals surface area contributed by atoms with Crippen molar-refractivity contribution in [2.24, 2.45) is 46.8 Å². The lowest BCUT2D eigenvalue weighted by Gasteiger charge is -2.36. The highest BCUT2D eigenvalue weighted by molar-refractivity contribution is 5.20. The van der Waals surface area contributed by atoms with E-state index in [4.69, 9.17) is 0 Å². The molecule has 0 aliphatic heterocycles. The lowest BCUT2D eigenvalue weighted by molar-refractivity contribution is 0.142. The van der Waals surface area contributed by atoms with E-state index < -0.39 is 0 Å². The summed E-state index contributed by atoms with van der Waals surface area (Å²) in [6.07, 6.45) is 23.3. The van der Waals surface area contributed by atoms with Gasteiger partial charge < -0.3 is 0 Å². The molecule has 3 fully saturated rings. The van der Waals surface area contributed by atoms with E-state index in [0.29, 0.717) is 5.41 Å². The second kappa shape index (κ2) is 7.40. The zero-order valence-corrected chi connectivity index (χ0v) is 17.2. The number of fused-ring (bicyclic) bond motifs is 9. The van der Waals surface area contributed by atoms with Crippen LogP contribution >= 0.6 is 0 Å². The van der Waals surface area contributed by atoms with Gasteiger partial charge in [-0.15, -0.1) is 0 Å². The van der Waals surface area contributed by atoms with Gasteiger partial charge in [-0.3, -0.25) is 0 Å². The van der Waals surface area contributed by atoms with E-state index in [1.165, 1.54) is 57.8 Å². The van der Waals surface area contributed by atoms with Crippen molar-refractivity contribution in [2.45, 2.75) is 97.8 Å². The van der Waals surface area contributed by atoms with Crippen LogP contribution < -0.4 is 0 Å². The second-order valence-electron chi connectivity index (χ2n) is 11.3. The molecule has 4 bridgehead atoms. The van der Waals surface area contributed by atoms with Gasteiger partial charge in [0.15, 0.2) is 0 Å². The van der Waals surface area contributed by atoms with Crippen LogP contribution in [-0.2, 0) is 0 Å². The van der Waals surface area contributed by atoms with E-state index in [2.05, 4.69) is 32.9 Å². The molecule has 0 aromatic carbocycles. The van der Waals surface area contributed by atoms with E-state index in [1.54, 1.807) is 19.3 Å². The van der Waals surface area contributed by atoms with Crippen LogP contribution in [0.5, 0.6) is 0 Å². The Morgan fingerprint density at radius 2 is 1.36 bits per heavy atom. The molecule has 0 radical (unpaired) electrons. The van der Waals surface area contributed by atoms with Gasteiger partial charge in [0.1, 0.15) is 0 Å². The minimum Gasteiger partial charge on any atom is -0.0848 e. The molecule has 0 nitrogen and oxygen atoms in total. The Morgan fingerprint density at radius 1 is 0.720 bits per heavy atom. The average molecular weight is 343 g/mol. The standard InChI is InChI=1S/C25H42/c1-25(2,3)14-10-8-6-4-5-7-9-11-18-15-21-17-22(18)24-20-13-12-19(16-20)23(21)24/h12-13,18-24H,4-11,14-17H2,1-3H3. The molecule has 4 rings (SSSR count). The Balaban J connectivity index is 1.07. The van der Waals surface area contributed by atoms with Crippen LogP contribution in [-0.4, -0.2) is 0 Å². The number of hydrogen-bond acceptors (Lipinski definition) is 0. The van der Waals surface area contributed by atoms with Crippen LogP contribution in [0.25, 0.3) is 0 Å². The molecule has 4 aliphatic carbocycles. The molecule has 0 amide bonds. The first-order chi connectivity index (χ1) is 12.0. The second-order valence-corrected chi connectivity index (χ2v) is 11.3. The quantitative estimate of drug-likeness (QED) is 0.229. The van der Waals surface area contributed by atoms with Gasteiger partial charge in [-0.05, 0) is 72.5 Å². The predicted molar refractivity (Wildman–Crippen MR) is 108 cm³/mol. The average Bonchev–Trinajstić information content (AvgIpc) is 3.30. The summed E-state index contributed by atoms with van der Waals surface area (Å²) in [4.78, 5) is 0. The molecule has 0 heterocycles. The van der Waals surface area contributed by atoms with Crippen LogP contribution in [0.4, 0.5) is 0 Å². The first kappa shape index (κ1) is 18.1. The van der Waals surface area contributed by atoms with Crippen molar-refractivity contribution >= 4 is 0 Å². The highest BCUT2D eigenvalue weighted by atomic mass is 14.6. The first-order valence-electron chi connectivity index (χ1n) is 11.7. The fraction of sp³-hybridized carbons (Fsp3) is 0.920. The highest BCUT2D eigenvalue weighted by Gasteiger charge is 2.60. The van der Waals surface area contributed by atoms with Gasteiger partial charge in [-0.25, -0.2) is 0 Å². The SMILES string of the molecule is CC(C)(C)CCCCCCCCCC1CC2CC1C1C3C=CC(C3)C21. The Kier molecular flexibility index (Phi) is 5.36. The van der Waals surface area contributed by atoms with Gasteiger partial charge in [-0.2, -0.15) is 0 Å². The lowest BCUT2D eigenvalue weighted by atomic mass is 9.68. The summed E-state index contributed by atoms with van der Waals surface area (Å²) >= 11 is 0. The number of allylic oxidation sites excluding steroid dienone is 2. The number of rotatable bonds is 9. The minimum atomic E-state index is 0.536. The van der Waals surface area contributed by atoms with E-state index in [1.807, 2.05) is 0 Å². The molecule has 4 aliphatic rings. The largest absolute Gasteiger partial charge is 0.0848 e. The molecule has 25 heavy (non-hydrogen) atoms. The van der Waals surface area contributed by atoms with E-state index in [0.717, 1.165) is 41.4 Å². The van der Waals surface area contributed by atoms with Crippen molar-refractivity contribution in [1.29, 1.82) is 0 Å². The Labute approximate surface area is 157 Å². The van der Waals surface area contributed by atoms with Crippen LogP contribution in [0, 0.1) is 46.8 Å². The third-order valence-electron chi connectivity index (χ3n) is 8.41. The summed E-state index contributed by atoms with van der Waals surface area (Å²) in [6.45, 7) is 7.12. The Bertz CT molecular complexity index is 467. The molecule has 0 N–H and O–H groups in total. The van der Waals surface area contributed by atoms with Gasteiger partial charge >= 0.3 is 0 Å². The summed E-state index contributed by atoms with van der Waals surface area (Å²) in [5.74, 6) is 7.64. The lowest BCUT2D eigenvalue weighted by Crippen LogP contribution is -2.30. The summed E-state index contributed by atoms with van der Waals surface area (Å²) < 4.78 is 0. The maximum atomic E-state index is 2.60. The van der Waals surface area contributed by atoms with Crippen molar-refractivity contribution in [3.63, 3.8) is 0 Å². The summed E-state index contributed by atoms with van der Waals surface area (Å²) in [7, 11) is 0. The van der Waals surface area contributed by atoms with Gasteiger partial charge in [0, 0.05) is 0 Å². The van der Waals surface area contributed by atoms with Crippen LogP contribution in [0.15, 0.2) is 12.2 Å². The van der Waals surface area contributed by atoms with Crippen molar-refractivity contribution < 1.29 is 0 Å². The third-order valence-corrected chi connectivity index (χ3v) is 8.41. The van der Waals surface area contributed by atoms with E-state index in [-0.39, 0.29) is 0 Å². The molecule has 0 spiro atoms.